The second kappa shape index (κ2) is 6.61. The molecule has 1 fully saturated rings. The summed E-state index contributed by atoms with van der Waals surface area (Å²) in [4.78, 5) is 12.3. The van der Waals surface area contributed by atoms with Crippen LogP contribution in [0.25, 0.3) is 0 Å². The first-order valence-corrected chi connectivity index (χ1v) is 7.76. The minimum atomic E-state index is -0.487. The van der Waals surface area contributed by atoms with Crippen molar-refractivity contribution < 1.29 is 14.3 Å². The lowest BCUT2D eigenvalue weighted by atomic mass is 9.74. The average molecular weight is 290 g/mol. The number of aryl methyl sites for hydroxylation is 1. The van der Waals surface area contributed by atoms with Crippen molar-refractivity contribution >= 4 is 5.97 Å². The summed E-state index contributed by atoms with van der Waals surface area (Å²) in [5.41, 5.74) is 1.90. The molecule has 21 heavy (non-hydrogen) atoms. The Kier molecular flexibility index (Phi) is 5.04. The Bertz CT molecular complexity index is 478. The van der Waals surface area contributed by atoms with E-state index >= 15 is 0 Å². The molecule has 2 rings (SSSR count). The van der Waals surface area contributed by atoms with E-state index in [0.717, 1.165) is 24.8 Å². The maximum absolute atomic E-state index is 12.3. The van der Waals surface area contributed by atoms with Crippen LogP contribution >= 0.6 is 0 Å². The van der Waals surface area contributed by atoms with Gasteiger partial charge in [0.15, 0.2) is 0 Å². The molecule has 2 unspecified atom stereocenters. The Morgan fingerprint density at radius 3 is 2.57 bits per heavy atom. The lowest BCUT2D eigenvalue weighted by Gasteiger charge is -2.36. The van der Waals surface area contributed by atoms with E-state index in [0.29, 0.717) is 6.61 Å². The van der Waals surface area contributed by atoms with Crippen LogP contribution in [0.1, 0.15) is 44.2 Å². The molecule has 0 aromatic heterocycles. The number of hydrogen-bond donors (Lipinski definition) is 0. The first-order valence-electron chi connectivity index (χ1n) is 7.76. The van der Waals surface area contributed by atoms with E-state index in [-0.39, 0.29) is 18.0 Å². The van der Waals surface area contributed by atoms with Gasteiger partial charge in [0.05, 0.1) is 25.2 Å². The van der Waals surface area contributed by atoms with Gasteiger partial charge in [0.2, 0.25) is 0 Å². The first kappa shape index (κ1) is 16.0. The quantitative estimate of drug-likeness (QED) is 0.772. The van der Waals surface area contributed by atoms with Crippen LogP contribution in [0, 0.1) is 18.3 Å². The number of methoxy groups -OCH3 is 1. The molecule has 0 radical (unpaired) electrons. The maximum atomic E-state index is 12.3. The highest BCUT2D eigenvalue weighted by molar-refractivity contribution is 5.78. The van der Waals surface area contributed by atoms with Gasteiger partial charge in [0, 0.05) is 0 Å². The van der Waals surface area contributed by atoms with E-state index in [4.69, 9.17) is 9.47 Å². The van der Waals surface area contributed by atoms with E-state index in [1.54, 1.807) is 0 Å². The summed E-state index contributed by atoms with van der Waals surface area (Å²) in [7, 11) is 1.47. The van der Waals surface area contributed by atoms with Crippen molar-refractivity contribution in [3.63, 3.8) is 0 Å². The van der Waals surface area contributed by atoms with Gasteiger partial charge in [0.1, 0.15) is 0 Å². The Balaban J connectivity index is 2.10. The predicted octanol–water partition coefficient (Wildman–Crippen LogP) is 3.88. The van der Waals surface area contributed by atoms with Crippen molar-refractivity contribution in [2.75, 3.05) is 7.11 Å². The van der Waals surface area contributed by atoms with Gasteiger partial charge in [-0.1, -0.05) is 43.7 Å². The number of esters is 1. The molecule has 2 atom stereocenters. The Labute approximate surface area is 127 Å². The number of ether oxygens (including phenoxy) is 2. The van der Waals surface area contributed by atoms with Gasteiger partial charge < -0.3 is 9.47 Å². The van der Waals surface area contributed by atoms with Gasteiger partial charge in [0.25, 0.3) is 0 Å². The summed E-state index contributed by atoms with van der Waals surface area (Å²) in [6, 6.07) is 8.34. The van der Waals surface area contributed by atoms with Crippen LogP contribution in [0.3, 0.4) is 0 Å². The van der Waals surface area contributed by atoms with Gasteiger partial charge >= 0.3 is 5.97 Å². The van der Waals surface area contributed by atoms with Crippen molar-refractivity contribution in [2.24, 2.45) is 11.3 Å². The second-order valence-corrected chi connectivity index (χ2v) is 6.36. The molecular weight excluding hydrogens is 264 g/mol. The molecule has 3 heteroatoms. The molecule has 1 aromatic rings. The molecule has 0 aliphatic heterocycles. The number of rotatable bonds is 5. The zero-order valence-electron chi connectivity index (χ0n) is 13.5. The van der Waals surface area contributed by atoms with Crippen LogP contribution in [-0.2, 0) is 20.9 Å². The fraction of sp³-hybridized carbons (Fsp3) is 0.611. The Hall–Kier alpha value is -1.35. The lowest BCUT2D eigenvalue weighted by Crippen LogP contribution is -2.45. The van der Waals surface area contributed by atoms with Crippen LogP contribution in [0.5, 0.6) is 0 Å². The predicted molar refractivity (Wildman–Crippen MR) is 82.9 cm³/mol. The number of hydrogen-bond acceptors (Lipinski definition) is 3. The van der Waals surface area contributed by atoms with Crippen LogP contribution in [0.4, 0.5) is 0 Å². The van der Waals surface area contributed by atoms with Crippen LogP contribution < -0.4 is 0 Å². The fourth-order valence-corrected chi connectivity index (χ4v) is 3.43. The molecule has 3 nitrogen and oxygen atoms in total. The molecule has 0 heterocycles. The third-order valence-corrected chi connectivity index (χ3v) is 4.80. The summed E-state index contributed by atoms with van der Waals surface area (Å²) in [5, 5.41) is 0. The third kappa shape index (κ3) is 3.13. The van der Waals surface area contributed by atoms with E-state index in [1.165, 1.54) is 12.7 Å². The molecule has 1 aliphatic rings. The topological polar surface area (TPSA) is 35.5 Å². The van der Waals surface area contributed by atoms with Gasteiger partial charge in [-0.05, 0) is 37.7 Å². The van der Waals surface area contributed by atoms with Gasteiger partial charge in [-0.25, -0.2) is 0 Å². The third-order valence-electron chi connectivity index (χ3n) is 4.80. The number of carbonyl (C=O) groups is 1. The lowest BCUT2D eigenvalue weighted by molar-refractivity contribution is -0.167. The largest absolute Gasteiger partial charge is 0.469 e. The van der Waals surface area contributed by atoms with E-state index in [2.05, 4.69) is 45.0 Å². The summed E-state index contributed by atoms with van der Waals surface area (Å²) in [5.74, 6) is 0.0966. The molecule has 0 spiro atoms. The molecule has 0 bridgehead atoms. The zero-order valence-corrected chi connectivity index (χ0v) is 13.5. The number of carbonyl (C=O) groups excluding carboxylic acids is 1. The zero-order chi connectivity index (χ0) is 15.5. The smallest absolute Gasteiger partial charge is 0.314 e. The van der Waals surface area contributed by atoms with Gasteiger partial charge in [-0.2, -0.15) is 0 Å². The summed E-state index contributed by atoms with van der Waals surface area (Å²) < 4.78 is 11.2. The standard InChI is InChI=1S/C18H26O3/c1-13(2)18(17(19)20-4)11-5-6-16(18)21-12-15-9-7-14(3)8-10-15/h7-10,13,16H,5-6,11-12H2,1-4H3. The fourth-order valence-electron chi connectivity index (χ4n) is 3.43. The highest BCUT2D eigenvalue weighted by Gasteiger charge is 2.52. The van der Waals surface area contributed by atoms with Crippen LogP contribution in [0.15, 0.2) is 24.3 Å². The molecule has 1 saturated carbocycles. The van der Waals surface area contributed by atoms with E-state index in [9.17, 15) is 4.79 Å². The minimum Gasteiger partial charge on any atom is -0.469 e. The van der Waals surface area contributed by atoms with Crippen LogP contribution in [-0.4, -0.2) is 19.2 Å². The average Bonchev–Trinajstić information content (AvgIpc) is 2.91. The van der Waals surface area contributed by atoms with E-state index in [1.807, 2.05) is 0 Å². The van der Waals surface area contributed by atoms with Crippen molar-refractivity contribution in [3.8, 4) is 0 Å². The SMILES string of the molecule is COC(=O)C1(C(C)C)CCCC1OCc1ccc(C)cc1. The number of benzene rings is 1. The first-order chi connectivity index (χ1) is 10.0. The maximum Gasteiger partial charge on any atom is 0.314 e. The van der Waals surface area contributed by atoms with Crippen molar-refractivity contribution in [1.29, 1.82) is 0 Å². The van der Waals surface area contributed by atoms with Crippen molar-refractivity contribution in [3.05, 3.63) is 35.4 Å². The normalized spacial score (nSPS) is 25.3. The van der Waals surface area contributed by atoms with Crippen molar-refractivity contribution in [1.82, 2.24) is 0 Å². The summed E-state index contributed by atoms with van der Waals surface area (Å²) in [6.45, 7) is 6.80. The molecule has 0 N–H and O–H groups in total. The monoisotopic (exact) mass is 290 g/mol. The Morgan fingerprint density at radius 1 is 1.33 bits per heavy atom. The molecular formula is C18H26O3. The molecule has 0 amide bonds. The molecule has 116 valence electrons. The second-order valence-electron chi connectivity index (χ2n) is 6.36. The molecule has 1 aromatic carbocycles. The minimum absolute atomic E-state index is 0.0498. The van der Waals surface area contributed by atoms with Crippen LogP contribution in [0.2, 0.25) is 0 Å². The van der Waals surface area contributed by atoms with Gasteiger partial charge in [-0.15, -0.1) is 0 Å². The highest BCUT2D eigenvalue weighted by atomic mass is 16.5. The summed E-state index contributed by atoms with van der Waals surface area (Å²) in [6.07, 6.45) is 2.76. The molecule has 0 saturated heterocycles. The van der Waals surface area contributed by atoms with Crippen molar-refractivity contribution in [2.45, 2.75) is 52.7 Å². The Morgan fingerprint density at radius 2 is 2.00 bits per heavy atom. The summed E-state index contributed by atoms with van der Waals surface area (Å²) >= 11 is 0. The van der Waals surface area contributed by atoms with Gasteiger partial charge in [-0.3, -0.25) is 4.79 Å². The van der Waals surface area contributed by atoms with E-state index < -0.39 is 5.41 Å². The highest BCUT2D eigenvalue weighted by Crippen LogP contribution is 2.47. The molecule has 1 aliphatic carbocycles.